The summed E-state index contributed by atoms with van der Waals surface area (Å²) < 4.78 is 1.58. The molecular formula is C22H20N4O2. The van der Waals surface area contributed by atoms with Crippen molar-refractivity contribution in [3.63, 3.8) is 0 Å². The van der Waals surface area contributed by atoms with Gasteiger partial charge in [-0.15, -0.1) is 0 Å². The van der Waals surface area contributed by atoms with Crippen molar-refractivity contribution in [3.8, 4) is 0 Å². The Hall–Kier alpha value is -3.67. The van der Waals surface area contributed by atoms with Crippen molar-refractivity contribution < 1.29 is 9.59 Å². The lowest BCUT2D eigenvalue weighted by atomic mass is 10.1. The van der Waals surface area contributed by atoms with E-state index in [1.54, 1.807) is 17.0 Å². The van der Waals surface area contributed by atoms with E-state index >= 15 is 0 Å². The molecule has 0 atom stereocenters. The van der Waals surface area contributed by atoms with E-state index in [2.05, 4.69) is 15.5 Å². The lowest BCUT2D eigenvalue weighted by molar-refractivity contribution is -0.121. The molecule has 0 bridgehead atoms. The maximum Gasteiger partial charge on any atom is 0.240 e. The molecule has 0 fully saturated rings. The van der Waals surface area contributed by atoms with E-state index in [4.69, 9.17) is 0 Å². The first kappa shape index (κ1) is 17.7. The first-order valence-electron chi connectivity index (χ1n) is 9.11. The molecule has 0 unspecified atom stereocenters. The number of hydrogen-bond donors (Lipinski definition) is 2. The van der Waals surface area contributed by atoms with Crippen LogP contribution < -0.4 is 5.43 Å². The van der Waals surface area contributed by atoms with Crippen LogP contribution in [0.2, 0.25) is 0 Å². The zero-order chi connectivity index (χ0) is 19.5. The number of amides is 1. The van der Waals surface area contributed by atoms with Gasteiger partial charge in [-0.2, -0.15) is 5.10 Å². The third kappa shape index (κ3) is 3.44. The maximum absolute atomic E-state index is 12.1. The lowest BCUT2D eigenvalue weighted by Gasteiger charge is -2.00. The molecule has 0 saturated carbocycles. The molecule has 1 amide bonds. The van der Waals surface area contributed by atoms with Gasteiger partial charge in [-0.05, 0) is 24.1 Å². The highest BCUT2D eigenvalue weighted by molar-refractivity contribution is 6.03. The third-order valence-corrected chi connectivity index (χ3v) is 4.77. The number of carbonyl (C=O) groups is 2. The Balaban J connectivity index is 1.42. The number of aryl methyl sites for hydroxylation is 1. The SMILES string of the molecule is CC(=O)n1cc(/C=N/NC(=O)CCc2c[nH]c3ccccc23)c2ccccc21. The summed E-state index contributed by atoms with van der Waals surface area (Å²) in [7, 11) is 0. The molecule has 28 heavy (non-hydrogen) atoms. The highest BCUT2D eigenvalue weighted by Crippen LogP contribution is 2.20. The minimum absolute atomic E-state index is 0.0707. The molecule has 0 saturated heterocycles. The fraction of sp³-hybridized carbons (Fsp3) is 0.136. The number of benzene rings is 2. The van der Waals surface area contributed by atoms with Crippen LogP contribution in [0.1, 0.15) is 29.3 Å². The van der Waals surface area contributed by atoms with E-state index in [0.717, 1.165) is 32.9 Å². The third-order valence-electron chi connectivity index (χ3n) is 4.77. The number of hydrazone groups is 1. The predicted molar refractivity (Wildman–Crippen MR) is 111 cm³/mol. The Kier molecular flexibility index (Phi) is 4.76. The molecule has 2 N–H and O–H groups in total. The molecule has 4 aromatic rings. The number of hydrogen-bond acceptors (Lipinski definition) is 3. The number of carbonyl (C=O) groups excluding carboxylic acids is 2. The fourth-order valence-electron chi connectivity index (χ4n) is 3.39. The van der Waals surface area contributed by atoms with Crippen LogP contribution in [0, 0.1) is 0 Å². The van der Waals surface area contributed by atoms with Gasteiger partial charge in [0.2, 0.25) is 11.8 Å². The minimum Gasteiger partial charge on any atom is -0.361 e. The van der Waals surface area contributed by atoms with Gasteiger partial charge in [0.1, 0.15) is 0 Å². The molecule has 6 nitrogen and oxygen atoms in total. The Morgan fingerprint density at radius 3 is 2.68 bits per heavy atom. The molecule has 0 radical (unpaired) electrons. The van der Waals surface area contributed by atoms with E-state index < -0.39 is 0 Å². The van der Waals surface area contributed by atoms with E-state index in [1.807, 2.05) is 54.7 Å². The van der Waals surface area contributed by atoms with Crippen molar-refractivity contribution in [1.82, 2.24) is 15.0 Å². The summed E-state index contributed by atoms with van der Waals surface area (Å²) in [4.78, 5) is 27.2. The van der Waals surface area contributed by atoms with E-state index in [9.17, 15) is 9.59 Å². The number of aromatic amines is 1. The number of nitrogens with one attached hydrogen (secondary N) is 2. The Bertz CT molecular complexity index is 1200. The van der Waals surface area contributed by atoms with Gasteiger partial charge in [0.05, 0.1) is 11.7 Å². The average Bonchev–Trinajstić information content (AvgIpc) is 3.28. The molecule has 0 aliphatic heterocycles. The number of rotatable bonds is 5. The van der Waals surface area contributed by atoms with Crippen LogP contribution in [0.5, 0.6) is 0 Å². The molecule has 2 aromatic heterocycles. The lowest BCUT2D eigenvalue weighted by Crippen LogP contribution is -2.17. The van der Waals surface area contributed by atoms with Gasteiger partial charge in [-0.1, -0.05) is 36.4 Å². The first-order chi connectivity index (χ1) is 13.6. The standard InChI is InChI=1S/C22H20N4O2/c1-15(27)26-14-17(19-7-3-5-9-21(19)26)13-24-25-22(28)11-10-16-12-23-20-8-4-2-6-18(16)20/h2-9,12-14,23H,10-11H2,1H3,(H,25,28)/b24-13+. The molecule has 4 rings (SSSR count). The summed E-state index contributed by atoms with van der Waals surface area (Å²) in [5.74, 6) is -0.226. The van der Waals surface area contributed by atoms with E-state index in [0.29, 0.717) is 12.8 Å². The van der Waals surface area contributed by atoms with E-state index in [-0.39, 0.29) is 11.8 Å². The number of para-hydroxylation sites is 2. The Morgan fingerprint density at radius 2 is 1.86 bits per heavy atom. The summed E-state index contributed by atoms with van der Waals surface area (Å²) in [5, 5.41) is 6.12. The van der Waals surface area contributed by atoms with Crippen molar-refractivity contribution in [2.24, 2.45) is 5.10 Å². The van der Waals surface area contributed by atoms with Crippen LogP contribution >= 0.6 is 0 Å². The van der Waals surface area contributed by atoms with Crippen LogP contribution in [0.15, 0.2) is 66.0 Å². The topological polar surface area (TPSA) is 79.2 Å². The maximum atomic E-state index is 12.1. The van der Waals surface area contributed by atoms with Gasteiger partial charge >= 0.3 is 0 Å². The van der Waals surface area contributed by atoms with Crippen molar-refractivity contribution in [2.45, 2.75) is 19.8 Å². The molecular weight excluding hydrogens is 352 g/mol. The van der Waals surface area contributed by atoms with Crippen LogP contribution in [0.4, 0.5) is 0 Å². The molecule has 0 aliphatic carbocycles. The van der Waals surface area contributed by atoms with Gasteiger partial charge in [0, 0.05) is 47.6 Å². The Morgan fingerprint density at radius 1 is 1.11 bits per heavy atom. The van der Waals surface area contributed by atoms with Gasteiger partial charge in [-0.25, -0.2) is 5.43 Å². The molecule has 2 heterocycles. The summed E-state index contributed by atoms with van der Waals surface area (Å²) in [6, 6.07) is 15.6. The summed E-state index contributed by atoms with van der Waals surface area (Å²) in [5.41, 5.74) is 6.35. The number of aromatic nitrogens is 2. The van der Waals surface area contributed by atoms with Gasteiger partial charge < -0.3 is 4.98 Å². The van der Waals surface area contributed by atoms with Crippen LogP contribution in [-0.4, -0.2) is 27.6 Å². The molecule has 2 aromatic carbocycles. The van der Waals surface area contributed by atoms with Gasteiger partial charge in [0.25, 0.3) is 0 Å². The minimum atomic E-state index is -0.156. The molecule has 0 aliphatic rings. The summed E-state index contributed by atoms with van der Waals surface area (Å²) >= 11 is 0. The second-order valence-corrected chi connectivity index (χ2v) is 6.64. The fourth-order valence-corrected chi connectivity index (χ4v) is 3.39. The monoisotopic (exact) mass is 372 g/mol. The number of nitrogens with zero attached hydrogens (tertiary/aromatic N) is 2. The molecule has 0 spiro atoms. The van der Waals surface area contributed by atoms with Gasteiger partial charge in [-0.3, -0.25) is 14.2 Å². The summed E-state index contributed by atoms with van der Waals surface area (Å²) in [6.07, 6.45) is 6.22. The highest BCUT2D eigenvalue weighted by Gasteiger charge is 2.09. The second-order valence-electron chi connectivity index (χ2n) is 6.64. The number of H-pyrrole nitrogens is 1. The Labute approximate surface area is 161 Å². The average molecular weight is 372 g/mol. The highest BCUT2D eigenvalue weighted by atomic mass is 16.2. The zero-order valence-electron chi connectivity index (χ0n) is 15.5. The van der Waals surface area contributed by atoms with Crippen molar-refractivity contribution in [1.29, 1.82) is 0 Å². The predicted octanol–water partition coefficient (Wildman–Crippen LogP) is 3.87. The largest absolute Gasteiger partial charge is 0.361 e. The smallest absolute Gasteiger partial charge is 0.240 e. The summed E-state index contributed by atoms with van der Waals surface area (Å²) in [6.45, 7) is 1.51. The van der Waals surface area contributed by atoms with E-state index in [1.165, 1.54) is 6.92 Å². The number of fused-ring (bicyclic) bond motifs is 2. The normalized spacial score (nSPS) is 11.5. The van der Waals surface area contributed by atoms with Gasteiger partial charge in [0.15, 0.2) is 0 Å². The quantitative estimate of drug-likeness (QED) is 0.412. The molecule has 6 heteroatoms. The van der Waals surface area contributed by atoms with Crippen LogP contribution in [-0.2, 0) is 11.2 Å². The molecule has 140 valence electrons. The van der Waals surface area contributed by atoms with Crippen LogP contribution in [0.3, 0.4) is 0 Å². The van der Waals surface area contributed by atoms with Crippen molar-refractivity contribution in [3.05, 3.63) is 72.1 Å². The first-order valence-corrected chi connectivity index (χ1v) is 9.11. The van der Waals surface area contributed by atoms with Crippen molar-refractivity contribution >= 4 is 39.8 Å². The second kappa shape index (κ2) is 7.52. The van der Waals surface area contributed by atoms with Crippen LogP contribution in [0.25, 0.3) is 21.8 Å². The zero-order valence-corrected chi connectivity index (χ0v) is 15.5. The van der Waals surface area contributed by atoms with Crippen molar-refractivity contribution in [2.75, 3.05) is 0 Å².